The van der Waals surface area contributed by atoms with E-state index in [1.807, 2.05) is 0 Å². The van der Waals surface area contributed by atoms with Crippen molar-refractivity contribution >= 4 is 185 Å². The molecule has 1 aliphatic heterocycles. The maximum Gasteiger partial charge on any atom is 0.327 e. The standard InChI is InChI=1S/C85H129N25O30S3/c1-42(96-81(136)58(40-141)108-78(133)54(31-44-13-5-4-6-14-44)106-75(130)51(25-30-143-3)103-79(134)55(34-61(89)112)105-71(126)47(88)33-66(118)119)69(124)93-37-63(114)99-53(32-45-19-21-46(111)22-20-45)77(132)104-52(16-8-10-27-87)83(138)110-29-12-18-60(110)82(137)107-57(36-68(122)123)80(135)102-50(23-24-65(116)117)73(128)95-38-62(113)98-49(15-7-9-26-86)74(129)101-48(17-11-28-92-85(90)91)72(127)94-39-64(115)100-56(35-67(120)121)76(131)97-43(2)70(125)109-59(41-142)84(139)140/h4-6,13-14,19-22,42-43,47-60,111,141-142H,7-12,15-18,23-41,86-88H2,1-3H3,(H2,89,112)(H,93,124)(H,94,127)(H,95,128)(H,96,136)(H,97,131)(H,98,113)(H,99,114)(H,100,115)(H,101,129)(H,102,135)(H,103,134)(H,104,132)(H,105,126)(H,106,130)(H,107,137)(H,108,133)(H,109,125)(H,116,117)(H,118,119)(H,120,121)(H,122,123)(H,139,140)(H4,90,91,92)/t42-,43-,47-,48-,49-,50-,51-,52-,53-,54-,55-,56-,57-,58-,59-,60-/m0/s1. The minimum Gasteiger partial charge on any atom is -0.508 e. The Kier molecular flexibility index (Phi) is 55.8. The second kappa shape index (κ2) is 64.9. The SMILES string of the molecule is CSCC[C@H](NC(=O)[C@H](CC(N)=O)NC(=O)[C@@H](N)CC(=O)O)C(=O)N[C@@H](Cc1ccccc1)C(=O)N[C@@H](CS)C(=O)N[C@@H](C)C(=O)NCC(=O)N[C@@H](Cc1ccc(O)cc1)C(=O)N[C@@H](CCCCN)C(=O)N1CCC[C@H]1C(=O)N[C@@H](CC(=O)O)C(=O)N[C@@H](CCC(=O)O)C(=O)NCC(=O)N[C@@H](CCCCN)C(=O)N[C@@H](CCCNC(=N)N)C(=O)NCC(=O)N[C@@H](CC(=O)O)C(=O)N[C@@H](C)C(=O)N[C@@H](CS)C(=O)O. The van der Waals surface area contributed by atoms with Gasteiger partial charge < -0.3 is 160 Å². The van der Waals surface area contributed by atoms with E-state index >= 15 is 0 Å². The van der Waals surface area contributed by atoms with E-state index in [9.17, 15) is 141 Å². The summed E-state index contributed by atoms with van der Waals surface area (Å²) in [6.07, 6.45) is -4.31. The lowest BCUT2D eigenvalue weighted by atomic mass is 10.0. The van der Waals surface area contributed by atoms with Gasteiger partial charge in [0.05, 0.1) is 51.4 Å². The van der Waals surface area contributed by atoms with Crippen molar-refractivity contribution in [3.8, 4) is 5.75 Å². The Bertz CT molecular complexity index is 4780. The number of guanidine groups is 1. The Labute approximate surface area is 834 Å². The van der Waals surface area contributed by atoms with Crippen molar-refractivity contribution < 1.29 is 146 Å². The van der Waals surface area contributed by atoms with E-state index in [1.165, 1.54) is 43.0 Å². The summed E-state index contributed by atoms with van der Waals surface area (Å²) in [5.41, 5.74) is 28.8. The molecule has 143 heavy (non-hydrogen) atoms. The maximum atomic E-state index is 14.9. The summed E-state index contributed by atoms with van der Waals surface area (Å²) in [5, 5.41) is 107. The van der Waals surface area contributed by atoms with Crippen LogP contribution in [0.15, 0.2) is 54.6 Å². The monoisotopic (exact) mass is 2080 g/mol. The average molecular weight is 2080 g/mol. The van der Waals surface area contributed by atoms with Crippen LogP contribution in [0.1, 0.15) is 134 Å². The van der Waals surface area contributed by atoms with Crippen LogP contribution in [0.4, 0.5) is 0 Å². The van der Waals surface area contributed by atoms with Crippen LogP contribution in [0.2, 0.25) is 0 Å². The zero-order valence-electron chi connectivity index (χ0n) is 78.6. The Morgan fingerprint density at radius 3 is 1.29 bits per heavy atom. The van der Waals surface area contributed by atoms with Gasteiger partial charge in [0, 0.05) is 43.9 Å². The molecule has 2 aromatic rings. The third kappa shape index (κ3) is 47.2. The summed E-state index contributed by atoms with van der Waals surface area (Å²) in [5.74, 6) is -29.6. The van der Waals surface area contributed by atoms with Crippen molar-refractivity contribution in [3.63, 3.8) is 0 Å². The number of primary amides is 1. The number of nitrogens with one attached hydrogen (secondary N) is 19. The summed E-state index contributed by atoms with van der Waals surface area (Å²) in [4.78, 5) is 321. The number of amides is 19. The molecule has 16 atom stereocenters. The molecular formula is C85H129N25O30S3. The molecule has 0 aromatic heterocycles. The molecular weight excluding hydrogens is 1950 g/mol. The van der Waals surface area contributed by atoms with Crippen LogP contribution >= 0.6 is 37.0 Å². The number of aromatic hydroxyl groups is 1. The Morgan fingerprint density at radius 1 is 0.413 bits per heavy atom. The van der Waals surface area contributed by atoms with Crippen LogP contribution in [0.3, 0.4) is 0 Å². The Morgan fingerprint density at radius 2 is 0.804 bits per heavy atom. The molecule has 0 aliphatic carbocycles. The second-order valence-electron chi connectivity index (χ2n) is 32.8. The van der Waals surface area contributed by atoms with Gasteiger partial charge in [0.15, 0.2) is 5.96 Å². The minimum atomic E-state index is -2.10. The summed E-state index contributed by atoms with van der Waals surface area (Å²) in [6.45, 7) is -0.605. The lowest BCUT2D eigenvalue weighted by molar-refractivity contribution is -0.144. The quantitative estimate of drug-likeness (QED) is 0.0127. The fourth-order valence-electron chi connectivity index (χ4n) is 13.7. The summed E-state index contributed by atoms with van der Waals surface area (Å²) in [6, 6.07) is -12.5. The highest BCUT2D eigenvalue weighted by molar-refractivity contribution is 7.98. The van der Waals surface area contributed by atoms with Crippen LogP contribution in [0, 0.1) is 5.41 Å². The first-order valence-electron chi connectivity index (χ1n) is 45.1. The first-order valence-corrected chi connectivity index (χ1v) is 47.7. The first-order chi connectivity index (χ1) is 67.5. The zero-order valence-corrected chi connectivity index (χ0v) is 81.2. The predicted molar refractivity (Wildman–Crippen MR) is 513 cm³/mol. The molecule has 55 nitrogen and oxygen atoms in total. The number of nitrogens with zero attached hydrogens (tertiary/aromatic N) is 1. The number of nitrogens with two attached hydrogens (primary N) is 5. The van der Waals surface area contributed by atoms with Crippen LogP contribution in [-0.4, -0.2) is 350 Å². The van der Waals surface area contributed by atoms with Gasteiger partial charge in [0.25, 0.3) is 0 Å². The number of phenols is 1. The predicted octanol–water partition coefficient (Wildman–Crippen LogP) is -10.9. The lowest BCUT2D eigenvalue weighted by Gasteiger charge is -2.31. The van der Waals surface area contributed by atoms with Gasteiger partial charge >= 0.3 is 29.8 Å². The average Bonchev–Trinajstić information content (AvgIpc) is 1.70. The number of phenolic OH excluding ortho intramolecular Hbond substituents is 1. The lowest BCUT2D eigenvalue weighted by Crippen LogP contribution is -2.60. The molecule has 0 bridgehead atoms. The maximum absolute atomic E-state index is 14.9. The molecule has 1 aliphatic rings. The number of thiol groups is 2. The van der Waals surface area contributed by atoms with E-state index < -0.39 is 309 Å². The zero-order chi connectivity index (χ0) is 107. The van der Waals surface area contributed by atoms with Crippen molar-refractivity contribution in [1.29, 1.82) is 5.41 Å². The number of rotatable bonds is 68. The van der Waals surface area contributed by atoms with Crippen molar-refractivity contribution in [2.75, 3.05) is 69.3 Å². The normalized spacial score (nSPS) is 15.1. The number of hydrogen-bond donors (Lipinski definition) is 32. The van der Waals surface area contributed by atoms with Gasteiger partial charge in [0.2, 0.25) is 112 Å². The van der Waals surface area contributed by atoms with Crippen LogP contribution in [-0.2, 0) is 128 Å². The highest BCUT2D eigenvalue weighted by atomic mass is 32.2. The Balaban J connectivity index is 1.84. The summed E-state index contributed by atoms with van der Waals surface area (Å²) < 4.78 is 0. The Hall–Kier alpha value is -14.3. The first kappa shape index (κ1) is 123. The number of carboxylic acid groups (broad SMARTS) is 5. The van der Waals surface area contributed by atoms with E-state index in [1.54, 1.807) is 36.6 Å². The molecule has 792 valence electrons. The third-order valence-electron chi connectivity index (χ3n) is 21.3. The number of likely N-dealkylation sites (tertiary alicyclic amines) is 1. The molecule has 19 amide bonds. The highest BCUT2D eigenvalue weighted by Crippen LogP contribution is 2.22. The minimum absolute atomic E-state index is 0.00933. The number of carbonyl (C=O) groups is 24. The molecule has 35 N–H and O–H groups in total. The topological polar surface area (TPSA) is 905 Å². The van der Waals surface area contributed by atoms with Gasteiger partial charge in [-0.3, -0.25) is 116 Å². The number of aliphatic carboxylic acids is 5. The molecule has 1 saturated heterocycles. The van der Waals surface area contributed by atoms with Crippen LogP contribution < -0.4 is 124 Å². The fraction of sp³-hybridized carbons (Fsp3) is 0.565. The van der Waals surface area contributed by atoms with Gasteiger partial charge in [-0.25, -0.2) is 4.79 Å². The van der Waals surface area contributed by atoms with Gasteiger partial charge in [0.1, 0.15) is 96.4 Å². The number of carbonyl (C=O) groups excluding carboxylic acids is 19. The van der Waals surface area contributed by atoms with Gasteiger partial charge in [-0.05, 0) is 139 Å². The fourth-order valence-corrected chi connectivity index (χ4v) is 14.7. The molecule has 0 radical (unpaired) electrons. The molecule has 1 heterocycles. The van der Waals surface area contributed by atoms with Crippen molar-refractivity contribution in [2.45, 2.75) is 233 Å². The number of hydrogen-bond acceptors (Lipinski definition) is 32. The van der Waals surface area contributed by atoms with Crippen LogP contribution in [0.25, 0.3) is 0 Å². The number of unbranched alkanes of at least 4 members (excludes halogenated alkanes) is 2. The molecule has 2 aromatic carbocycles. The van der Waals surface area contributed by atoms with E-state index in [0.717, 1.165) is 11.8 Å². The molecule has 1 fully saturated rings. The second-order valence-corrected chi connectivity index (χ2v) is 34.5. The van der Waals surface area contributed by atoms with Gasteiger partial charge in [-0.15, -0.1) is 0 Å². The molecule has 3 rings (SSSR count). The molecule has 0 saturated carbocycles. The van der Waals surface area contributed by atoms with E-state index in [-0.39, 0.29) is 127 Å². The van der Waals surface area contributed by atoms with Crippen molar-refractivity contribution in [3.05, 3.63) is 65.7 Å². The number of carboxylic acids is 5. The van der Waals surface area contributed by atoms with E-state index in [4.69, 9.17) is 39.2 Å². The van der Waals surface area contributed by atoms with Gasteiger partial charge in [-0.1, -0.05) is 42.5 Å². The van der Waals surface area contributed by atoms with Crippen LogP contribution in [0.5, 0.6) is 5.75 Å². The highest BCUT2D eigenvalue weighted by Gasteiger charge is 2.42. The van der Waals surface area contributed by atoms with E-state index in [0.29, 0.717) is 11.1 Å². The number of benzene rings is 2. The summed E-state index contributed by atoms with van der Waals surface area (Å²) >= 11 is 9.35. The number of thioether (sulfide) groups is 1. The van der Waals surface area contributed by atoms with Gasteiger partial charge in [-0.2, -0.15) is 37.0 Å². The summed E-state index contributed by atoms with van der Waals surface area (Å²) in [7, 11) is 0. The molecule has 58 heteroatoms. The largest absolute Gasteiger partial charge is 0.508 e. The molecule has 0 unspecified atom stereocenters. The smallest absolute Gasteiger partial charge is 0.327 e. The molecule has 0 spiro atoms. The third-order valence-corrected chi connectivity index (χ3v) is 22.7. The van der Waals surface area contributed by atoms with Crippen molar-refractivity contribution in [2.24, 2.45) is 28.7 Å². The van der Waals surface area contributed by atoms with E-state index in [2.05, 4.69) is 121 Å². The van der Waals surface area contributed by atoms with Crippen molar-refractivity contribution in [1.82, 2.24) is 101 Å².